The second-order valence-corrected chi connectivity index (χ2v) is 14.3. The molecule has 2 aromatic rings. The van der Waals surface area contributed by atoms with E-state index in [0.29, 0.717) is 6.07 Å². The highest BCUT2D eigenvalue weighted by Crippen LogP contribution is 2.57. The maximum Gasteiger partial charge on any atom is 0.435 e. The molecule has 3 aliphatic rings. The molecule has 7 nitrogen and oxygen atoms in total. The van der Waals surface area contributed by atoms with E-state index < -0.39 is 72.9 Å². The predicted molar refractivity (Wildman–Crippen MR) is 146 cm³/mol. The summed E-state index contributed by atoms with van der Waals surface area (Å²) in [6.45, 7) is 0.819. The van der Waals surface area contributed by atoms with Gasteiger partial charge in [-0.15, -0.1) is 0 Å². The van der Waals surface area contributed by atoms with Gasteiger partial charge in [0, 0.05) is 32.1 Å². The van der Waals surface area contributed by atoms with Crippen molar-refractivity contribution in [2.24, 2.45) is 5.41 Å². The first-order valence-electron chi connectivity index (χ1n) is 14.4. The van der Waals surface area contributed by atoms with Crippen LogP contribution >= 0.6 is 0 Å². The van der Waals surface area contributed by atoms with Gasteiger partial charge in [-0.3, -0.25) is 9.59 Å². The Kier molecular flexibility index (Phi) is 8.27. The van der Waals surface area contributed by atoms with Crippen LogP contribution in [0, 0.1) is 11.2 Å². The van der Waals surface area contributed by atoms with Crippen LogP contribution in [0.2, 0.25) is 0 Å². The monoisotopic (exact) mass is 682 g/mol. The molecule has 0 spiro atoms. The lowest BCUT2D eigenvalue weighted by atomic mass is 9.75. The molecule has 16 heteroatoms. The van der Waals surface area contributed by atoms with Crippen LogP contribution < -0.4 is 0 Å². The number of hydrogen-bond donors (Lipinski definition) is 1. The summed E-state index contributed by atoms with van der Waals surface area (Å²) in [5, 5.41) is 10.4. The number of hydrogen-bond acceptors (Lipinski definition) is 5. The zero-order valence-electron chi connectivity index (χ0n) is 24.4. The van der Waals surface area contributed by atoms with Gasteiger partial charge < -0.3 is 14.9 Å². The average Bonchev–Trinajstić information content (AvgIpc) is 3.40. The van der Waals surface area contributed by atoms with Gasteiger partial charge in [0.1, 0.15) is 10.6 Å². The number of benzene rings is 2. The molecule has 2 atom stereocenters. The van der Waals surface area contributed by atoms with E-state index in [2.05, 4.69) is 0 Å². The summed E-state index contributed by atoms with van der Waals surface area (Å²) >= 11 is 0. The normalized spacial score (nSPS) is 23.6. The smallest absolute Gasteiger partial charge is 0.395 e. The first-order chi connectivity index (χ1) is 21.3. The molecule has 0 aromatic heterocycles. The molecule has 2 fully saturated rings. The summed E-state index contributed by atoms with van der Waals surface area (Å²) in [6, 6.07) is 3.88. The van der Waals surface area contributed by atoms with Gasteiger partial charge in [0.05, 0.1) is 23.0 Å². The van der Waals surface area contributed by atoms with Crippen molar-refractivity contribution in [1.82, 2.24) is 9.80 Å². The molecule has 0 bridgehead atoms. The lowest BCUT2D eigenvalue weighted by molar-refractivity contribution is -0.348. The van der Waals surface area contributed by atoms with E-state index in [0.717, 1.165) is 30.3 Å². The van der Waals surface area contributed by atoms with E-state index in [-0.39, 0.29) is 74.8 Å². The Hall–Kier alpha value is -3.27. The van der Waals surface area contributed by atoms with Crippen LogP contribution in [0.5, 0.6) is 0 Å². The molecule has 5 rings (SSSR count). The van der Waals surface area contributed by atoms with Gasteiger partial charge in [0.15, 0.2) is 9.84 Å². The second-order valence-electron chi connectivity index (χ2n) is 12.1. The summed E-state index contributed by atoms with van der Waals surface area (Å²) in [6.07, 6.45) is -13.5. The Bertz CT molecular complexity index is 1620. The Balaban J connectivity index is 1.65. The molecule has 2 aromatic carbocycles. The molecule has 0 saturated carbocycles. The van der Waals surface area contributed by atoms with Gasteiger partial charge >= 0.3 is 18.0 Å². The summed E-state index contributed by atoms with van der Waals surface area (Å²) in [5.41, 5.74) is -9.34. The largest absolute Gasteiger partial charge is 0.435 e. The Morgan fingerprint density at radius 3 is 2.02 bits per heavy atom. The van der Waals surface area contributed by atoms with Gasteiger partial charge in [-0.1, -0.05) is 18.2 Å². The lowest BCUT2D eigenvalue weighted by Crippen LogP contribution is -2.57. The van der Waals surface area contributed by atoms with E-state index in [1.54, 1.807) is 0 Å². The molecule has 2 saturated heterocycles. The number of carbonyl (C=O) groups is 2. The van der Waals surface area contributed by atoms with Crippen LogP contribution in [0.1, 0.15) is 49.3 Å². The fourth-order valence-electron chi connectivity index (χ4n) is 7.29. The molecule has 2 aliphatic heterocycles. The molecule has 2 heterocycles. The standard InChI is InChI=1S/C30H30F8N2O5S/c1-18(42)39-13-10-26(17-41,11-14-39)25(43)40-15-12-27(46(44,45)22-6-4-21(31)5-7-22)23-8-3-20(16-19(23)2-9-24(27)40)28(32,29(33,34)35)30(36,37)38/h3-8,16,24,41H,2,9-15,17H2,1H3/t24-,27-/m1/s1. The van der Waals surface area contributed by atoms with Crippen molar-refractivity contribution in [3.8, 4) is 0 Å². The summed E-state index contributed by atoms with van der Waals surface area (Å²) < 4.78 is 137. The zero-order chi connectivity index (χ0) is 34.1. The number of alkyl halides is 7. The maximum atomic E-state index is 15.0. The minimum absolute atomic E-state index is 0.0657. The highest BCUT2D eigenvalue weighted by atomic mass is 32.2. The van der Waals surface area contributed by atoms with Crippen LogP contribution in [0.4, 0.5) is 35.1 Å². The molecule has 46 heavy (non-hydrogen) atoms. The number of amides is 2. The number of rotatable bonds is 5. The van der Waals surface area contributed by atoms with E-state index in [1.165, 1.54) is 16.7 Å². The highest BCUT2D eigenvalue weighted by Gasteiger charge is 2.74. The summed E-state index contributed by atoms with van der Waals surface area (Å²) in [7, 11) is -4.65. The van der Waals surface area contributed by atoms with E-state index in [4.69, 9.17) is 0 Å². The maximum absolute atomic E-state index is 15.0. The number of piperidine rings is 1. The number of likely N-dealkylation sites (tertiary alicyclic amines) is 2. The zero-order valence-corrected chi connectivity index (χ0v) is 25.2. The van der Waals surface area contributed by atoms with Gasteiger partial charge in [0.25, 0.3) is 0 Å². The van der Waals surface area contributed by atoms with E-state index in [9.17, 15) is 53.8 Å². The molecular weight excluding hydrogens is 652 g/mol. The van der Waals surface area contributed by atoms with Crippen LogP contribution in [-0.2, 0) is 36.3 Å². The van der Waals surface area contributed by atoms with Crippen molar-refractivity contribution in [3.05, 3.63) is 65.0 Å². The minimum Gasteiger partial charge on any atom is -0.395 e. The molecule has 1 aliphatic carbocycles. The number of sulfone groups is 1. The molecule has 2 amide bonds. The fourth-order valence-corrected chi connectivity index (χ4v) is 9.66. The quantitative estimate of drug-likeness (QED) is 0.356. The van der Waals surface area contributed by atoms with Crippen molar-refractivity contribution in [1.29, 1.82) is 0 Å². The van der Waals surface area contributed by atoms with E-state index in [1.807, 2.05) is 0 Å². The third kappa shape index (κ3) is 4.88. The number of aliphatic hydroxyl groups is 1. The Morgan fingerprint density at radius 2 is 1.50 bits per heavy atom. The lowest BCUT2D eigenvalue weighted by Gasteiger charge is -2.46. The van der Waals surface area contributed by atoms with Crippen LogP contribution in [0.3, 0.4) is 0 Å². The molecular formula is C30H30F8N2O5S. The number of nitrogens with zero attached hydrogens (tertiary/aromatic N) is 2. The average molecular weight is 683 g/mol. The predicted octanol–water partition coefficient (Wildman–Crippen LogP) is 4.95. The Labute approximate surface area is 259 Å². The molecule has 0 radical (unpaired) electrons. The van der Waals surface area contributed by atoms with Gasteiger partial charge in [-0.2, -0.15) is 26.3 Å². The molecule has 1 N–H and O–H groups in total. The van der Waals surface area contributed by atoms with Crippen LogP contribution in [0.25, 0.3) is 0 Å². The number of aliphatic hydroxyl groups excluding tert-OH is 1. The van der Waals surface area contributed by atoms with Crippen molar-refractivity contribution in [2.45, 2.75) is 72.7 Å². The highest BCUT2D eigenvalue weighted by molar-refractivity contribution is 7.92. The number of carbonyl (C=O) groups excluding carboxylic acids is 2. The van der Waals surface area contributed by atoms with Crippen LogP contribution in [0.15, 0.2) is 47.4 Å². The van der Waals surface area contributed by atoms with Crippen molar-refractivity contribution in [3.63, 3.8) is 0 Å². The molecule has 0 unspecified atom stereocenters. The summed E-state index contributed by atoms with van der Waals surface area (Å²) in [4.78, 5) is 28.4. The fraction of sp³-hybridized carbons (Fsp3) is 0.533. The number of aryl methyl sites for hydroxylation is 1. The third-order valence-corrected chi connectivity index (χ3v) is 12.4. The first-order valence-corrected chi connectivity index (χ1v) is 15.9. The second kappa shape index (κ2) is 11.2. The SMILES string of the molecule is CC(=O)N1CCC(CO)(C(=O)N2CC[C@@]3(S(=O)(=O)c4ccc(F)cc4)c4ccc(C(F)(C(F)(F)F)C(F)(F)F)cc4CC[C@@H]23)CC1. The topological polar surface area (TPSA) is 95.0 Å². The minimum atomic E-state index is -6.39. The number of halogens is 8. The van der Waals surface area contributed by atoms with Gasteiger partial charge in [-0.05, 0) is 67.5 Å². The van der Waals surface area contributed by atoms with Gasteiger partial charge in [-0.25, -0.2) is 17.2 Å². The van der Waals surface area contributed by atoms with Gasteiger partial charge in [0.2, 0.25) is 11.8 Å². The van der Waals surface area contributed by atoms with Crippen molar-refractivity contribution < 1.29 is 58.2 Å². The number of fused-ring (bicyclic) bond motifs is 3. The summed E-state index contributed by atoms with van der Waals surface area (Å²) in [5.74, 6) is -1.61. The molecule has 252 valence electrons. The van der Waals surface area contributed by atoms with Crippen LogP contribution in [-0.4, -0.2) is 79.8 Å². The Morgan fingerprint density at radius 1 is 0.913 bits per heavy atom. The van der Waals surface area contributed by atoms with E-state index >= 15 is 4.39 Å². The first kappa shape index (κ1) is 34.1. The third-order valence-electron chi connectivity index (χ3n) is 9.85. The van der Waals surface area contributed by atoms with Crippen molar-refractivity contribution in [2.75, 3.05) is 26.2 Å². The van der Waals surface area contributed by atoms with Crippen molar-refractivity contribution >= 4 is 21.7 Å².